The number of carboxylic acids is 1. The predicted octanol–water partition coefficient (Wildman–Crippen LogP) is 2.41. The van der Waals surface area contributed by atoms with Crippen LogP contribution in [-0.4, -0.2) is 40.5 Å². The number of amides is 2. The molecule has 8 heteroatoms. The number of urea groups is 1. The molecule has 0 aliphatic rings. The van der Waals surface area contributed by atoms with E-state index in [0.29, 0.717) is 12.0 Å². The molecule has 0 aliphatic carbocycles. The standard InChI is InChI=1S/C15H21N3O5/c1-4-13(11-6-5-7-12(8-11)18(22)23)16-15(21)17(3)9-10(2)14(19)20/h5-8,10,13H,4,9H2,1-3H3,(H,16,21)(H,19,20). The number of nitrogens with zero attached hydrogens (tertiary/aromatic N) is 2. The molecule has 2 atom stereocenters. The van der Waals surface area contributed by atoms with Crippen LogP contribution in [0.3, 0.4) is 0 Å². The Bertz CT molecular complexity index is 590. The molecule has 126 valence electrons. The average molecular weight is 323 g/mol. The number of benzene rings is 1. The molecule has 0 saturated heterocycles. The molecule has 0 saturated carbocycles. The van der Waals surface area contributed by atoms with Crippen LogP contribution in [0.4, 0.5) is 10.5 Å². The van der Waals surface area contributed by atoms with Crippen LogP contribution in [0.25, 0.3) is 0 Å². The molecule has 0 fully saturated rings. The topological polar surface area (TPSA) is 113 Å². The van der Waals surface area contributed by atoms with Gasteiger partial charge in [0.05, 0.1) is 16.9 Å². The van der Waals surface area contributed by atoms with E-state index in [9.17, 15) is 19.7 Å². The molecule has 2 amide bonds. The summed E-state index contributed by atoms with van der Waals surface area (Å²) in [5, 5.41) is 22.5. The molecule has 0 spiro atoms. The average Bonchev–Trinajstić information content (AvgIpc) is 2.52. The Labute approximate surface area is 134 Å². The first-order valence-electron chi connectivity index (χ1n) is 7.25. The van der Waals surface area contributed by atoms with Gasteiger partial charge in [0.1, 0.15) is 0 Å². The Morgan fingerprint density at radius 3 is 2.61 bits per heavy atom. The smallest absolute Gasteiger partial charge is 0.317 e. The summed E-state index contributed by atoms with van der Waals surface area (Å²) in [4.78, 5) is 34.6. The van der Waals surface area contributed by atoms with Crippen LogP contribution < -0.4 is 5.32 Å². The summed E-state index contributed by atoms with van der Waals surface area (Å²) in [5.41, 5.74) is 0.595. The fourth-order valence-corrected chi connectivity index (χ4v) is 2.11. The van der Waals surface area contributed by atoms with Crippen molar-refractivity contribution in [1.29, 1.82) is 0 Å². The van der Waals surface area contributed by atoms with Gasteiger partial charge in [-0.05, 0) is 12.0 Å². The highest BCUT2D eigenvalue weighted by atomic mass is 16.6. The number of rotatable bonds is 7. The molecule has 0 heterocycles. The van der Waals surface area contributed by atoms with Crippen LogP contribution in [-0.2, 0) is 4.79 Å². The fourth-order valence-electron chi connectivity index (χ4n) is 2.11. The normalized spacial score (nSPS) is 13.0. The van der Waals surface area contributed by atoms with Gasteiger partial charge < -0.3 is 15.3 Å². The Balaban J connectivity index is 2.79. The molecule has 1 rings (SSSR count). The maximum absolute atomic E-state index is 12.2. The van der Waals surface area contributed by atoms with Gasteiger partial charge in [-0.25, -0.2) is 4.79 Å². The van der Waals surface area contributed by atoms with Gasteiger partial charge >= 0.3 is 12.0 Å². The number of aliphatic carboxylic acids is 1. The Morgan fingerprint density at radius 2 is 2.09 bits per heavy atom. The summed E-state index contributed by atoms with van der Waals surface area (Å²) < 4.78 is 0. The van der Waals surface area contributed by atoms with Crippen LogP contribution >= 0.6 is 0 Å². The van der Waals surface area contributed by atoms with Crippen molar-refractivity contribution >= 4 is 17.7 Å². The lowest BCUT2D eigenvalue weighted by molar-refractivity contribution is -0.384. The van der Waals surface area contributed by atoms with Crippen molar-refractivity contribution in [3.63, 3.8) is 0 Å². The second-order valence-electron chi connectivity index (χ2n) is 5.38. The van der Waals surface area contributed by atoms with E-state index in [4.69, 9.17) is 5.11 Å². The van der Waals surface area contributed by atoms with Gasteiger partial charge in [-0.1, -0.05) is 26.0 Å². The number of non-ortho nitro benzene ring substituents is 1. The largest absolute Gasteiger partial charge is 0.481 e. The molecule has 2 N–H and O–H groups in total. The summed E-state index contributed by atoms with van der Waals surface area (Å²) in [6.45, 7) is 3.44. The van der Waals surface area contributed by atoms with E-state index in [2.05, 4.69) is 5.32 Å². The molecule has 2 unspecified atom stereocenters. The Morgan fingerprint density at radius 1 is 1.43 bits per heavy atom. The molecule has 0 aromatic heterocycles. The van der Waals surface area contributed by atoms with Crippen molar-refractivity contribution in [3.05, 3.63) is 39.9 Å². The van der Waals surface area contributed by atoms with E-state index in [1.165, 1.54) is 31.0 Å². The van der Waals surface area contributed by atoms with Crippen molar-refractivity contribution in [2.24, 2.45) is 5.92 Å². The van der Waals surface area contributed by atoms with Gasteiger partial charge in [-0.2, -0.15) is 0 Å². The summed E-state index contributed by atoms with van der Waals surface area (Å²) in [7, 11) is 1.51. The van der Waals surface area contributed by atoms with Crippen molar-refractivity contribution in [1.82, 2.24) is 10.2 Å². The summed E-state index contributed by atoms with van der Waals surface area (Å²) in [5.74, 6) is -1.65. The molecule has 0 aliphatic heterocycles. The number of nitro groups is 1. The molecule has 1 aromatic carbocycles. The third-order valence-corrected chi connectivity index (χ3v) is 3.51. The first-order chi connectivity index (χ1) is 10.8. The van der Waals surface area contributed by atoms with Crippen molar-refractivity contribution in [3.8, 4) is 0 Å². The van der Waals surface area contributed by atoms with E-state index in [1.807, 2.05) is 6.92 Å². The van der Waals surface area contributed by atoms with Crippen molar-refractivity contribution in [2.45, 2.75) is 26.3 Å². The lowest BCUT2D eigenvalue weighted by Crippen LogP contribution is -2.42. The number of carbonyl (C=O) groups is 2. The minimum Gasteiger partial charge on any atom is -0.481 e. The van der Waals surface area contributed by atoms with E-state index < -0.39 is 22.8 Å². The number of nitrogens with one attached hydrogen (secondary N) is 1. The van der Waals surface area contributed by atoms with Crippen molar-refractivity contribution < 1.29 is 19.6 Å². The van der Waals surface area contributed by atoms with E-state index >= 15 is 0 Å². The predicted molar refractivity (Wildman–Crippen MR) is 84.1 cm³/mol. The number of nitro benzene ring substituents is 1. The van der Waals surface area contributed by atoms with E-state index in [1.54, 1.807) is 12.1 Å². The molecule has 0 radical (unpaired) electrons. The first kappa shape index (κ1) is 18.4. The summed E-state index contributed by atoms with van der Waals surface area (Å²) >= 11 is 0. The SMILES string of the molecule is CCC(NC(=O)N(C)CC(C)C(=O)O)c1cccc([N+](=O)[O-])c1. The molecular formula is C15H21N3O5. The molecule has 23 heavy (non-hydrogen) atoms. The third-order valence-electron chi connectivity index (χ3n) is 3.51. The van der Waals surface area contributed by atoms with Crippen LogP contribution in [0.15, 0.2) is 24.3 Å². The molecular weight excluding hydrogens is 302 g/mol. The van der Waals surface area contributed by atoms with E-state index in [0.717, 1.165) is 0 Å². The number of hydrogen-bond acceptors (Lipinski definition) is 4. The quantitative estimate of drug-likeness (QED) is 0.591. The van der Waals surface area contributed by atoms with Gasteiger partial charge in [0, 0.05) is 25.7 Å². The highest BCUT2D eigenvalue weighted by Gasteiger charge is 2.20. The zero-order valence-electron chi connectivity index (χ0n) is 13.4. The third kappa shape index (κ3) is 5.24. The van der Waals surface area contributed by atoms with Crippen LogP contribution in [0.1, 0.15) is 31.9 Å². The van der Waals surface area contributed by atoms with Crippen LogP contribution in [0, 0.1) is 16.0 Å². The van der Waals surface area contributed by atoms with E-state index in [-0.39, 0.29) is 18.3 Å². The van der Waals surface area contributed by atoms with Crippen molar-refractivity contribution in [2.75, 3.05) is 13.6 Å². The lowest BCUT2D eigenvalue weighted by atomic mass is 10.0. The maximum Gasteiger partial charge on any atom is 0.317 e. The van der Waals surface area contributed by atoms with Crippen LogP contribution in [0.2, 0.25) is 0 Å². The molecule has 1 aromatic rings. The zero-order valence-corrected chi connectivity index (χ0v) is 13.4. The van der Waals surface area contributed by atoms with Gasteiger partial charge in [0.15, 0.2) is 0 Å². The second-order valence-corrected chi connectivity index (χ2v) is 5.38. The fraction of sp³-hybridized carbons (Fsp3) is 0.467. The highest BCUT2D eigenvalue weighted by Crippen LogP contribution is 2.21. The van der Waals surface area contributed by atoms with Gasteiger partial charge in [-0.3, -0.25) is 14.9 Å². The number of carboxylic acid groups (broad SMARTS) is 1. The second kappa shape index (κ2) is 8.11. The van der Waals surface area contributed by atoms with Gasteiger partial charge in [0.25, 0.3) is 5.69 Å². The summed E-state index contributed by atoms with van der Waals surface area (Å²) in [6, 6.07) is 5.29. The molecule has 8 nitrogen and oxygen atoms in total. The Hall–Kier alpha value is -2.64. The highest BCUT2D eigenvalue weighted by molar-refractivity contribution is 5.76. The summed E-state index contributed by atoms with van der Waals surface area (Å²) in [6.07, 6.45) is 0.551. The zero-order chi connectivity index (χ0) is 17.6. The minimum atomic E-state index is -0.977. The minimum absolute atomic E-state index is 0.0388. The van der Waals surface area contributed by atoms with Gasteiger partial charge in [-0.15, -0.1) is 0 Å². The van der Waals surface area contributed by atoms with Crippen LogP contribution in [0.5, 0.6) is 0 Å². The van der Waals surface area contributed by atoms with Gasteiger partial charge in [0.2, 0.25) is 0 Å². The lowest BCUT2D eigenvalue weighted by Gasteiger charge is -2.24. The number of carbonyl (C=O) groups excluding carboxylic acids is 1. The first-order valence-corrected chi connectivity index (χ1v) is 7.25. The maximum atomic E-state index is 12.2. The molecule has 0 bridgehead atoms. The monoisotopic (exact) mass is 323 g/mol. The number of hydrogen-bond donors (Lipinski definition) is 2. The Kier molecular flexibility index (Phi) is 6.49.